The first-order valence-corrected chi connectivity index (χ1v) is 11.3. The van der Waals surface area contributed by atoms with Crippen molar-refractivity contribution in [1.29, 1.82) is 5.26 Å². The Morgan fingerprint density at radius 2 is 1.65 bits per heavy atom. The number of halogens is 1. The van der Waals surface area contributed by atoms with Gasteiger partial charge in [-0.05, 0) is 59.2 Å². The predicted octanol–water partition coefficient (Wildman–Crippen LogP) is 6.33. The molecule has 168 valence electrons. The van der Waals surface area contributed by atoms with E-state index in [1.54, 1.807) is 36.4 Å². The van der Waals surface area contributed by atoms with Crippen LogP contribution in [0.5, 0.6) is 5.75 Å². The molecule has 2 atom stereocenters. The number of rotatable bonds is 6. The highest BCUT2D eigenvalue weighted by atomic mass is 19.1. The lowest BCUT2D eigenvalue weighted by Gasteiger charge is -2.36. The highest BCUT2D eigenvalue weighted by Crippen LogP contribution is 2.42. The molecule has 1 saturated heterocycles. The van der Waals surface area contributed by atoms with E-state index in [0.29, 0.717) is 24.3 Å². The maximum atomic E-state index is 13.8. The molecule has 4 nitrogen and oxygen atoms in total. The van der Waals surface area contributed by atoms with Gasteiger partial charge in [0.25, 0.3) is 0 Å². The van der Waals surface area contributed by atoms with Gasteiger partial charge in [0.1, 0.15) is 17.7 Å². The molecule has 0 N–H and O–H groups in total. The van der Waals surface area contributed by atoms with Crippen molar-refractivity contribution in [3.8, 4) is 11.8 Å². The highest BCUT2D eigenvalue weighted by Gasteiger charge is 2.37. The lowest BCUT2D eigenvalue weighted by atomic mass is 9.91. The summed E-state index contributed by atoms with van der Waals surface area (Å²) in [5.41, 5.74) is 2.29. The molecule has 0 saturated carbocycles. The molecule has 1 heterocycles. The van der Waals surface area contributed by atoms with Gasteiger partial charge in [-0.3, -0.25) is 4.79 Å². The molecule has 1 aliphatic rings. The highest BCUT2D eigenvalue weighted by molar-refractivity contribution is 5.86. The molecule has 1 aliphatic heterocycles. The molecule has 4 aromatic rings. The number of carbonyl (C=O) groups excluding carboxylic acids is 1. The number of fused-ring (bicyclic) bond motifs is 1. The zero-order valence-electron chi connectivity index (χ0n) is 18.5. The molecule has 5 heteroatoms. The molecule has 1 fully saturated rings. The molecule has 5 rings (SSSR count). The van der Waals surface area contributed by atoms with E-state index in [9.17, 15) is 14.4 Å². The van der Waals surface area contributed by atoms with Gasteiger partial charge in [-0.25, -0.2) is 4.39 Å². The first-order chi connectivity index (χ1) is 16.6. The molecule has 0 spiro atoms. The third kappa shape index (κ3) is 4.23. The van der Waals surface area contributed by atoms with Crippen molar-refractivity contribution >= 4 is 16.7 Å². The molecule has 0 unspecified atom stereocenters. The molecule has 0 aromatic heterocycles. The zero-order chi connectivity index (χ0) is 23.5. The van der Waals surface area contributed by atoms with E-state index in [1.165, 1.54) is 12.1 Å². The summed E-state index contributed by atoms with van der Waals surface area (Å²) in [5.74, 6) is 0.323. The Bertz CT molecular complexity index is 1350. The number of amides is 1. The van der Waals surface area contributed by atoms with Crippen LogP contribution in [-0.4, -0.2) is 17.4 Å². The van der Waals surface area contributed by atoms with Gasteiger partial charge in [-0.15, -0.1) is 0 Å². The van der Waals surface area contributed by atoms with Crippen molar-refractivity contribution < 1.29 is 13.9 Å². The summed E-state index contributed by atoms with van der Waals surface area (Å²) >= 11 is 0. The fourth-order valence-corrected chi connectivity index (χ4v) is 4.69. The lowest BCUT2D eigenvalue weighted by Crippen LogP contribution is -2.36. The van der Waals surface area contributed by atoms with Gasteiger partial charge in [0.2, 0.25) is 5.91 Å². The van der Waals surface area contributed by atoms with Crippen molar-refractivity contribution in [3.63, 3.8) is 0 Å². The second-order valence-corrected chi connectivity index (χ2v) is 8.43. The minimum atomic E-state index is -0.549. The Morgan fingerprint density at radius 3 is 2.35 bits per heavy atom. The Balaban J connectivity index is 1.69. The second kappa shape index (κ2) is 9.36. The summed E-state index contributed by atoms with van der Waals surface area (Å²) in [6.07, 6.45) is 0.707. The summed E-state index contributed by atoms with van der Waals surface area (Å²) in [7, 11) is 0. The minimum absolute atomic E-state index is 0.0583. The first-order valence-electron chi connectivity index (χ1n) is 11.3. The van der Waals surface area contributed by atoms with Crippen LogP contribution in [0.3, 0.4) is 0 Å². The number of nitriles is 1. The topological polar surface area (TPSA) is 53.3 Å². The van der Waals surface area contributed by atoms with Crippen LogP contribution in [0.15, 0.2) is 91.0 Å². The average Bonchev–Trinajstić information content (AvgIpc) is 3.30. The van der Waals surface area contributed by atoms with Crippen molar-refractivity contribution in [2.75, 3.05) is 6.54 Å². The molecule has 0 aliphatic carbocycles. The largest absolute Gasteiger partial charge is 0.483 e. The number of ether oxygens (including phenoxy) is 1. The SMILES string of the molecule is N#Cc1ccc(O[C@H](c2cccc3ccccc23)[C@@H](c2ccc(F)cc2)N2CCCC2=O)cc1. The summed E-state index contributed by atoms with van der Waals surface area (Å²) < 4.78 is 20.4. The number of likely N-dealkylation sites (tertiary alicyclic amines) is 1. The number of carbonyl (C=O) groups is 1. The smallest absolute Gasteiger partial charge is 0.223 e. The van der Waals surface area contributed by atoms with E-state index in [-0.39, 0.29) is 11.7 Å². The number of nitrogens with zero attached hydrogens (tertiary/aromatic N) is 2. The Hall–Kier alpha value is -4.17. The number of benzene rings is 4. The third-order valence-corrected chi connectivity index (χ3v) is 6.32. The van der Waals surface area contributed by atoms with Crippen LogP contribution in [0.2, 0.25) is 0 Å². The molecular weight excluding hydrogens is 427 g/mol. The normalized spacial score (nSPS) is 15.2. The van der Waals surface area contributed by atoms with Gasteiger partial charge in [0, 0.05) is 18.5 Å². The first kappa shape index (κ1) is 21.7. The monoisotopic (exact) mass is 450 g/mol. The van der Waals surface area contributed by atoms with Crippen LogP contribution in [0.25, 0.3) is 10.8 Å². The summed E-state index contributed by atoms with van der Waals surface area (Å²) in [6.45, 7) is 0.610. The van der Waals surface area contributed by atoms with E-state index in [0.717, 1.165) is 28.3 Å². The maximum absolute atomic E-state index is 13.8. The zero-order valence-corrected chi connectivity index (χ0v) is 18.5. The third-order valence-electron chi connectivity index (χ3n) is 6.32. The predicted molar refractivity (Wildman–Crippen MR) is 129 cm³/mol. The van der Waals surface area contributed by atoms with Crippen LogP contribution >= 0.6 is 0 Å². The van der Waals surface area contributed by atoms with Crippen LogP contribution in [0, 0.1) is 17.1 Å². The van der Waals surface area contributed by atoms with Crippen LogP contribution in [0.1, 0.15) is 41.7 Å². The maximum Gasteiger partial charge on any atom is 0.223 e. The van der Waals surface area contributed by atoms with Crippen molar-refractivity contribution in [2.24, 2.45) is 0 Å². The summed E-state index contributed by atoms with van der Waals surface area (Å²) in [6, 6.07) is 29.1. The lowest BCUT2D eigenvalue weighted by molar-refractivity contribution is -0.131. The van der Waals surface area contributed by atoms with Crippen LogP contribution < -0.4 is 4.74 Å². The summed E-state index contributed by atoms with van der Waals surface area (Å²) in [5, 5.41) is 11.3. The molecule has 4 aromatic carbocycles. The molecule has 1 amide bonds. The number of hydrogen-bond acceptors (Lipinski definition) is 3. The van der Waals surface area contributed by atoms with Gasteiger partial charge < -0.3 is 9.64 Å². The van der Waals surface area contributed by atoms with E-state index in [2.05, 4.69) is 6.07 Å². The Kier molecular flexibility index (Phi) is 5.97. The van der Waals surface area contributed by atoms with Crippen LogP contribution in [-0.2, 0) is 4.79 Å². The Labute approximate surface area is 197 Å². The van der Waals surface area contributed by atoms with Crippen molar-refractivity contribution in [3.05, 3.63) is 114 Å². The van der Waals surface area contributed by atoms with Gasteiger partial charge in [0.15, 0.2) is 0 Å². The standard InChI is InChI=1S/C29H23FN2O2/c30-23-14-12-22(13-15-23)28(32-18-4-9-27(32)33)29(34-24-16-10-20(19-31)11-17-24)26-8-3-6-21-5-1-2-7-25(21)26/h1-3,5-8,10-17,28-29H,4,9,18H2/t28-,29-/m1/s1. The average molecular weight is 451 g/mol. The number of hydrogen-bond donors (Lipinski definition) is 0. The van der Waals surface area contributed by atoms with Gasteiger partial charge in [0.05, 0.1) is 17.7 Å². The molecule has 0 radical (unpaired) electrons. The van der Waals surface area contributed by atoms with Gasteiger partial charge in [-0.2, -0.15) is 5.26 Å². The van der Waals surface area contributed by atoms with Crippen LogP contribution in [0.4, 0.5) is 4.39 Å². The molecule has 34 heavy (non-hydrogen) atoms. The van der Waals surface area contributed by atoms with E-state index in [1.807, 2.05) is 47.4 Å². The molecule has 0 bridgehead atoms. The van der Waals surface area contributed by atoms with Crippen molar-refractivity contribution in [2.45, 2.75) is 25.0 Å². The summed E-state index contributed by atoms with van der Waals surface area (Å²) in [4.78, 5) is 14.8. The fourth-order valence-electron chi connectivity index (χ4n) is 4.69. The molecular formula is C29H23FN2O2. The fraction of sp³-hybridized carbons (Fsp3) is 0.172. The van der Waals surface area contributed by atoms with E-state index in [4.69, 9.17) is 4.74 Å². The Morgan fingerprint density at radius 1 is 0.912 bits per heavy atom. The van der Waals surface area contributed by atoms with Gasteiger partial charge in [-0.1, -0.05) is 54.6 Å². The van der Waals surface area contributed by atoms with Gasteiger partial charge >= 0.3 is 0 Å². The van der Waals surface area contributed by atoms with Crippen molar-refractivity contribution in [1.82, 2.24) is 4.90 Å². The van der Waals surface area contributed by atoms with E-state index >= 15 is 0 Å². The quantitative estimate of drug-likeness (QED) is 0.345. The van der Waals surface area contributed by atoms with E-state index < -0.39 is 12.1 Å². The second-order valence-electron chi connectivity index (χ2n) is 8.43. The minimum Gasteiger partial charge on any atom is -0.483 e.